The number of carbonyl (C=O) groups is 3. The van der Waals surface area contributed by atoms with Crippen LogP contribution in [0.2, 0.25) is 0 Å². The summed E-state index contributed by atoms with van der Waals surface area (Å²) in [6.45, 7) is 6.36. The molecule has 73 heavy (non-hydrogen) atoms. The first-order valence-electron chi connectivity index (χ1n) is 29.7. The predicted octanol–water partition coefficient (Wildman–Crippen LogP) is 20.2. The van der Waals surface area contributed by atoms with Gasteiger partial charge in [0, 0.05) is 19.3 Å². The molecule has 1 atom stereocenters. The molecule has 0 aliphatic heterocycles. The highest BCUT2D eigenvalue weighted by atomic mass is 16.6. The van der Waals surface area contributed by atoms with Gasteiger partial charge in [0.25, 0.3) is 0 Å². The van der Waals surface area contributed by atoms with Gasteiger partial charge in [0.15, 0.2) is 6.10 Å². The van der Waals surface area contributed by atoms with Crippen molar-refractivity contribution in [2.45, 2.75) is 258 Å². The molecule has 0 saturated heterocycles. The molecule has 0 N–H and O–H groups in total. The monoisotopic (exact) mass is 1010 g/mol. The third-order valence-corrected chi connectivity index (χ3v) is 12.2. The van der Waals surface area contributed by atoms with Crippen molar-refractivity contribution < 1.29 is 28.6 Å². The maximum atomic E-state index is 12.9. The van der Waals surface area contributed by atoms with Gasteiger partial charge in [0.2, 0.25) is 0 Å². The van der Waals surface area contributed by atoms with Gasteiger partial charge in [-0.1, -0.05) is 251 Å². The van der Waals surface area contributed by atoms with Gasteiger partial charge in [-0.3, -0.25) is 14.4 Å². The third-order valence-electron chi connectivity index (χ3n) is 12.2. The third kappa shape index (κ3) is 58.3. The Hall–Kier alpha value is -4.45. The Balaban J connectivity index is 4.49. The maximum absolute atomic E-state index is 12.9. The number of esters is 3. The van der Waals surface area contributed by atoms with Gasteiger partial charge in [-0.2, -0.15) is 0 Å². The molecular formula is C67H108O6. The molecule has 0 amide bonds. The lowest BCUT2D eigenvalue weighted by Gasteiger charge is -2.18. The van der Waals surface area contributed by atoms with Gasteiger partial charge in [-0.25, -0.2) is 0 Å². The van der Waals surface area contributed by atoms with E-state index >= 15 is 0 Å². The van der Waals surface area contributed by atoms with E-state index in [4.69, 9.17) is 14.2 Å². The van der Waals surface area contributed by atoms with Gasteiger partial charge < -0.3 is 14.2 Å². The first kappa shape index (κ1) is 68.6. The Morgan fingerprint density at radius 1 is 0.288 bits per heavy atom. The smallest absolute Gasteiger partial charge is 0.306 e. The number of rotatable bonds is 52. The number of ether oxygens (including phenoxy) is 3. The van der Waals surface area contributed by atoms with Crippen molar-refractivity contribution in [1.29, 1.82) is 0 Å². The molecule has 0 bridgehead atoms. The fraction of sp³-hybridized carbons (Fsp3) is 0.627. The highest BCUT2D eigenvalue weighted by Crippen LogP contribution is 2.14. The van der Waals surface area contributed by atoms with Gasteiger partial charge in [-0.05, 0) is 116 Å². The van der Waals surface area contributed by atoms with Gasteiger partial charge in [-0.15, -0.1) is 0 Å². The van der Waals surface area contributed by atoms with E-state index < -0.39 is 6.10 Å². The van der Waals surface area contributed by atoms with Crippen LogP contribution in [-0.4, -0.2) is 37.2 Å². The summed E-state index contributed by atoms with van der Waals surface area (Å²) >= 11 is 0. The first-order valence-corrected chi connectivity index (χ1v) is 29.7. The van der Waals surface area contributed by atoms with Crippen LogP contribution in [0.1, 0.15) is 252 Å². The summed E-state index contributed by atoms with van der Waals surface area (Å²) in [4.78, 5) is 38.2. The number of hydrogen-bond acceptors (Lipinski definition) is 6. The quantitative estimate of drug-likeness (QED) is 0.0261. The minimum atomic E-state index is -0.810. The number of unbranched alkanes of at least 4 members (excludes halogenated alkanes) is 19. The molecule has 0 spiro atoms. The van der Waals surface area contributed by atoms with E-state index in [1.807, 2.05) is 0 Å². The van der Waals surface area contributed by atoms with E-state index in [1.54, 1.807) is 0 Å². The summed E-state index contributed by atoms with van der Waals surface area (Å²) in [6, 6.07) is 0. The average Bonchev–Trinajstić information content (AvgIpc) is 3.39. The van der Waals surface area contributed by atoms with Crippen molar-refractivity contribution in [2.75, 3.05) is 13.2 Å². The first-order chi connectivity index (χ1) is 36.0. The van der Waals surface area contributed by atoms with Crippen molar-refractivity contribution in [3.05, 3.63) is 134 Å². The molecule has 0 saturated carbocycles. The second-order valence-electron chi connectivity index (χ2n) is 19.1. The van der Waals surface area contributed by atoms with Gasteiger partial charge in [0.1, 0.15) is 13.2 Å². The predicted molar refractivity (Wildman–Crippen MR) is 316 cm³/mol. The summed E-state index contributed by atoms with van der Waals surface area (Å²) < 4.78 is 16.8. The fourth-order valence-electron chi connectivity index (χ4n) is 7.77. The van der Waals surface area contributed by atoms with Crippen LogP contribution in [0.5, 0.6) is 0 Å². The summed E-state index contributed by atoms with van der Waals surface area (Å²) in [5.74, 6) is -0.962. The van der Waals surface area contributed by atoms with Crippen LogP contribution in [0.25, 0.3) is 0 Å². The molecule has 6 nitrogen and oxygen atoms in total. The zero-order chi connectivity index (χ0) is 52.9. The van der Waals surface area contributed by atoms with E-state index in [1.165, 1.54) is 64.2 Å². The van der Waals surface area contributed by atoms with Crippen LogP contribution in [0.15, 0.2) is 134 Å². The van der Waals surface area contributed by atoms with Crippen LogP contribution < -0.4 is 0 Å². The summed E-state index contributed by atoms with van der Waals surface area (Å²) in [5, 5.41) is 0. The van der Waals surface area contributed by atoms with E-state index in [0.717, 1.165) is 148 Å². The highest BCUT2D eigenvalue weighted by molar-refractivity contribution is 5.71. The Morgan fingerprint density at radius 2 is 0.534 bits per heavy atom. The second-order valence-corrected chi connectivity index (χ2v) is 19.1. The van der Waals surface area contributed by atoms with Crippen molar-refractivity contribution in [3.63, 3.8) is 0 Å². The largest absolute Gasteiger partial charge is 0.462 e. The molecule has 0 heterocycles. The molecule has 412 valence electrons. The van der Waals surface area contributed by atoms with Gasteiger partial charge >= 0.3 is 17.9 Å². The lowest BCUT2D eigenvalue weighted by molar-refractivity contribution is -0.167. The standard InChI is InChI=1S/C67H108O6/c1-4-7-10-13-16-19-22-25-27-29-31-32-33-34-36-37-39-42-45-48-51-54-57-60-66(69)72-63-64(62-71-65(68)59-56-53-50-47-44-41-24-21-18-15-12-9-6-3)73-67(70)61-58-55-52-49-46-43-40-38-35-30-28-26-23-20-17-14-11-8-5-2/h7-8,10-11,16-17,19-20,25-28,31-32,34-36,38-39,42-43,46,64H,4-6,9,12-15,18,21-24,29-30,33,37,40-41,44-45,47-63H2,1-3H3/b10-7-,11-8-,19-16-,20-17-,27-25-,28-26-,32-31-,36-34-,38-35-,42-39-,46-43-. The van der Waals surface area contributed by atoms with Crippen LogP contribution >= 0.6 is 0 Å². The molecule has 0 fully saturated rings. The van der Waals surface area contributed by atoms with Crippen molar-refractivity contribution in [3.8, 4) is 0 Å². The van der Waals surface area contributed by atoms with Crippen molar-refractivity contribution in [2.24, 2.45) is 0 Å². The van der Waals surface area contributed by atoms with Crippen LogP contribution in [0.4, 0.5) is 0 Å². The Morgan fingerprint density at radius 3 is 0.849 bits per heavy atom. The minimum Gasteiger partial charge on any atom is -0.462 e. The molecule has 0 rings (SSSR count). The molecule has 0 radical (unpaired) electrons. The average molecular weight is 1010 g/mol. The molecule has 1 unspecified atom stereocenters. The van der Waals surface area contributed by atoms with Gasteiger partial charge in [0.05, 0.1) is 0 Å². The van der Waals surface area contributed by atoms with E-state index in [9.17, 15) is 14.4 Å². The SMILES string of the molecule is CC/C=C\C/C=C\C/C=C\C/C=C\C/C=C\C/C=C\CCCCCCC(=O)OCC(COC(=O)CCCCCCCCCCCCCCC)OC(=O)CCCCC/C=C\C/C=C\C/C=C\C/C=C\C/C=C\CC. The molecule has 6 heteroatoms. The van der Waals surface area contributed by atoms with Crippen molar-refractivity contribution >= 4 is 17.9 Å². The molecular weight excluding hydrogens is 901 g/mol. The molecule has 0 aromatic carbocycles. The van der Waals surface area contributed by atoms with Crippen molar-refractivity contribution in [1.82, 2.24) is 0 Å². The van der Waals surface area contributed by atoms with E-state index in [2.05, 4.69) is 154 Å². The zero-order valence-electron chi connectivity index (χ0n) is 47.1. The molecule has 0 aliphatic rings. The number of carbonyl (C=O) groups excluding carboxylic acids is 3. The number of hydrogen-bond donors (Lipinski definition) is 0. The van der Waals surface area contributed by atoms with E-state index in [0.29, 0.717) is 12.8 Å². The van der Waals surface area contributed by atoms with Crippen LogP contribution in [-0.2, 0) is 28.6 Å². The van der Waals surface area contributed by atoms with E-state index in [-0.39, 0.29) is 37.5 Å². The van der Waals surface area contributed by atoms with Crippen LogP contribution in [0, 0.1) is 0 Å². The Labute approximate surface area is 449 Å². The molecule has 0 aromatic heterocycles. The fourth-order valence-corrected chi connectivity index (χ4v) is 7.77. The normalized spacial score (nSPS) is 13.1. The molecule has 0 aromatic rings. The Bertz CT molecular complexity index is 1580. The maximum Gasteiger partial charge on any atom is 0.306 e. The Kier molecular flexibility index (Phi) is 56.4. The highest BCUT2D eigenvalue weighted by Gasteiger charge is 2.19. The summed E-state index contributed by atoms with van der Waals surface area (Å²) in [5.41, 5.74) is 0. The zero-order valence-corrected chi connectivity index (χ0v) is 47.1. The van der Waals surface area contributed by atoms with Crippen LogP contribution in [0.3, 0.4) is 0 Å². The molecule has 0 aliphatic carbocycles. The lowest BCUT2D eigenvalue weighted by atomic mass is 10.0. The second kappa shape index (κ2) is 60.1. The summed E-state index contributed by atoms with van der Waals surface area (Å²) in [7, 11) is 0. The number of allylic oxidation sites excluding steroid dienone is 22. The summed E-state index contributed by atoms with van der Waals surface area (Å²) in [6.07, 6.45) is 84.4. The minimum absolute atomic E-state index is 0.102. The topological polar surface area (TPSA) is 78.9 Å². The lowest BCUT2D eigenvalue weighted by Crippen LogP contribution is -2.30.